The van der Waals surface area contributed by atoms with Gasteiger partial charge in [0.25, 0.3) is 0 Å². The van der Waals surface area contributed by atoms with Gasteiger partial charge in [-0.3, -0.25) is 0 Å². The molecule has 0 aromatic heterocycles. The topological polar surface area (TPSA) is 0 Å². The van der Waals surface area contributed by atoms with Crippen molar-refractivity contribution in [2.45, 2.75) is 0 Å². The van der Waals surface area contributed by atoms with Gasteiger partial charge in [-0.15, -0.1) is 0 Å². The molecular formula is C10H8S2. The van der Waals surface area contributed by atoms with Crippen molar-refractivity contribution < 1.29 is 0 Å². The first kappa shape index (κ1) is 9.26. The SMILES string of the molecule is [CH]1[CH][CH][C](SS[C]2[CH][CH][CH][CH]2)[CH]1. The molecule has 0 nitrogen and oxygen atoms in total. The van der Waals surface area contributed by atoms with Crippen LogP contribution >= 0.6 is 21.6 Å². The highest BCUT2D eigenvalue weighted by Gasteiger charge is 2.22. The molecule has 2 fully saturated rings. The van der Waals surface area contributed by atoms with Crippen molar-refractivity contribution in [3.8, 4) is 0 Å². The van der Waals surface area contributed by atoms with Crippen LogP contribution in [0.3, 0.4) is 0 Å². The molecule has 0 heterocycles. The van der Waals surface area contributed by atoms with Gasteiger partial charge in [-0.2, -0.15) is 0 Å². The zero-order chi connectivity index (χ0) is 8.23. The Morgan fingerprint density at radius 1 is 0.583 bits per heavy atom. The second-order valence-electron chi connectivity index (χ2n) is 2.41. The highest BCUT2D eigenvalue weighted by atomic mass is 33.1. The maximum Gasteiger partial charge on any atom is 0.0492 e. The smallest absolute Gasteiger partial charge is 0.0492 e. The highest BCUT2D eigenvalue weighted by molar-refractivity contribution is 8.79. The second kappa shape index (κ2) is 4.80. The van der Waals surface area contributed by atoms with Gasteiger partial charge in [0.1, 0.15) is 0 Å². The van der Waals surface area contributed by atoms with Crippen LogP contribution in [-0.4, -0.2) is 0 Å². The maximum atomic E-state index is 2.13. The molecule has 2 aliphatic carbocycles. The van der Waals surface area contributed by atoms with Gasteiger partial charge in [-0.05, 0) is 51.4 Å². The monoisotopic (exact) mass is 192 g/mol. The summed E-state index contributed by atoms with van der Waals surface area (Å²) in [6, 6.07) is 0. The molecule has 0 amide bonds. The minimum atomic E-state index is 1.32. The zero-order valence-corrected chi connectivity index (χ0v) is 8.07. The van der Waals surface area contributed by atoms with E-state index < -0.39 is 0 Å². The molecule has 2 aliphatic rings. The van der Waals surface area contributed by atoms with Crippen molar-refractivity contribution >= 4 is 21.6 Å². The van der Waals surface area contributed by atoms with Crippen LogP contribution in [0.1, 0.15) is 0 Å². The van der Waals surface area contributed by atoms with Crippen molar-refractivity contribution in [2.75, 3.05) is 0 Å². The van der Waals surface area contributed by atoms with E-state index >= 15 is 0 Å². The van der Waals surface area contributed by atoms with E-state index in [9.17, 15) is 0 Å². The van der Waals surface area contributed by atoms with Gasteiger partial charge < -0.3 is 0 Å². The van der Waals surface area contributed by atoms with E-state index in [1.807, 2.05) is 0 Å². The van der Waals surface area contributed by atoms with Gasteiger partial charge in [-0.1, -0.05) is 21.6 Å². The number of hydrogen-bond donors (Lipinski definition) is 0. The molecule has 12 heavy (non-hydrogen) atoms. The van der Waals surface area contributed by atoms with Crippen molar-refractivity contribution in [3.05, 3.63) is 61.9 Å². The summed E-state index contributed by atoms with van der Waals surface area (Å²) in [5.74, 6) is 0. The number of rotatable bonds is 3. The van der Waals surface area contributed by atoms with E-state index in [1.165, 1.54) is 10.5 Å². The lowest BCUT2D eigenvalue weighted by Gasteiger charge is -2.09. The molecule has 0 aliphatic heterocycles. The van der Waals surface area contributed by atoms with Crippen LogP contribution in [0.5, 0.6) is 0 Å². The largest absolute Gasteiger partial charge is 0.0845 e. The fraction of sp³-hybridized carbons (Fsp3) is 0. The predicted octanol–water partition coefficient (Wildman–Crippen LogP) is 3.09. The zero-order valence-electron chi connectivity index (χ0n) is 6.44. The molecule has 10 radical (unpaired) electrons. The van der Waals surface area contributed by atoms with E-state index in [2.05, 4.69) is 51.4 Å². The van der Waals surface area contributed by atoms with E-state index in [0.29, 0.717) is 0 Å². The van der Waals surface area contributed by atoms with Crippen LogP contribution in [0.2, 0.25) is 0 Å². The van der Waals surface area contributed by atoms with E-state index in [0.717, 1.165) is 0 Å². The molecule has 0 N–H and O–H groups in total. The summed E-state index contributed by atoms with van der Waals surface area (Å²) in [5, 5.41) is 2.64. The average Bonchev–Trinajstić information content (AvgIpc) is 2.74. The van der Waals surface area contributed by atoms with Crippen LogP contribution < -0.4 is 0 Å². The summed E-state index contributed by atoms with van der Waals surface area (Å²) >= 11 is 0. The summed E-state index contributed by atoms with van der Waals surface area (Å²) < 4.78 is 0. The van der Waals surface area contributed by atoms with E-state index in [1.54, 1.807) is 21.6 Å². The molecule has 0 bridgehead atoms. The summed E-state index contributed by atoms with van der Waals surface area (Å²) in [5.41, 5.74) is 0. The Labute approximate surface area is 83.7 Å². The van der Waals surface area contributed by atoms with Gasteiger partial charge in [0.05, 0.1) is 0 Å². The van der Waals surface area contributed by atoms with Gasteiger partial charge in [-0.25, -0.2) is 0 Å². The lowest BCUT2D eigenvalue weighted by Crippen LogP contribution is -1.85. The Balaban J connectivity index is 1.60. The van der Waals surface area contributed by atoms with Gasteiger partial charge in [0, 0.05) is 10.5 Å². The molecular weight excluding hydrogens is 184 g/mol. The van der Waals surface area contributed by atoms with Gasteiger partial charge in [0.15, 0.2) is 0 Å². The molecule has 2 rings (SSSR count). The highest BCUT2D eigenvalue weighted by Crippen LogP contribution is 2.48. The Kier molecular flexibility index (Phi) is 3.71. The summed E-state index contributed by atoms with van der Waals surface area (Å²) in [6.07, 6.45) is 16.8. The Hall–Kier alpha value is 0.700. The minimum absolute atomic E-state index is 1.32. The Morgan fingerprint density at radius 2 is 0.917 bits per heavy atom. The third kappa shape index (κ3) is 2.59. The standard InChI is InChI=1S/C10H8S2/c1-2-6-9(5-1)11-12-10-7-3-4-8-10/h1-8H. The summed E-state index contributed by atoms with van der Waals surface area (Å²) in [7, 11) is 3.60. The molecule has 0 spiro atoms. The van der Waals surface area contributed by atoms with Crippen LogP contribution in [0.4, 0.5) is 0 Å². The quantitative estimate of drug-likeness (QED) is 0.630. The van der Waals surface area contributed by atoms with Crippen LogP contribution in [-0.2, 0) is 0 Å². The van der Waals surface area contributed by atoms with Crippen molar-refractivity contribution in [1.82, 2.24) is 0 Å². The van der Waals surface area contributed by atoms with E-state index in [4.69, 9.17) is 0 Å². The first-order valence-electron chi connectivity index (χ1n) is 3.73. The summed E-state index contributed by atoms with van der Waals surface area (Å²) in [4.78, 5) is 0. The maximum absolute atomic E-state index is 2.13. The molecule has 60 valence electrons. The van der Waals surface area contributed by atoms with Crippen LogP contribution in [0, 0.1) is 61.9 Å². The predicted molar refractivity (Wildman–Crippen MR) is 56.1 cm³/mol. The molecule has 0 saturated heterocycles. The number of hydrogen-bond acceptors (Lipinski definition) is 2. The Bertz CT molecular complexity index is 108. The first-order valence-corrected chi connectivity index (χ1v) is 5.88. The normalized spacial score (nSPS) is 27.0. The summed E-state index contributed by atoms with van der Waals surface area (Å²) in [6.45, 7) is 0. The van der Waals surface area contributed by atoms with Gasteiger partial charge >= 0.3 is 0 Å². The van der Waals surface area contributed by atoms with Crippen molar-refractivity contribution in [2.24, 2.45) is 0 Å². The van der Waals surface area contributed by atoms with E-state index in [-0.39, 0.29) is 0 Å². The third-order valence-corrected chi connectivity index (χ3v) is 3.92. The van der Waals surface area contributed by atoms with Crippen LogP contribution in [0.15, 0.2) is 0 Å². The molecule has 0 aromatic carbocycles. The molecule has 2 heteroatoms. The minimum Gasteiger partial charge on any atom is -0.0845 e. The average molecular weight is 192 g/mol. The Morgan fingerprint density at radius 3 is 1.25 bits per heavy atom. The lowest BCUT2D eigenvalue weighted by atomic mass is 10.4. The van der Waals surface area contributed by atoms with Gasteiger partial charge in [0.2, 0.25) is 0 Å². The first-order chi connectivity index (χ1) is 5.95. The van der Waals surface area contributed by atoms with Crippen molar-refractivity contribution in [1.29, 1.82) is 0 Å². The molecule has 0 atom stereocenters. The van der Waals surface area contributed by atoms with Crippen molar-refractivity contribution in [3.63, 3.8) is 0 Å². The molecule has 2 saturated carbocycles. The fourth-order valence-corrected chi connectivity index (χ4v) is 2.89. The second-order valence-corrected chi connectivity index (χ2v) is 4.68. The molecule has 0 unspecified atom stereocenters. The lowest BCUT2D eigenvalue weighted by molar-refractivity contribution is 1.54. The van der Waals surface area contributed by atoms with Crippen LogP contribution in [0.25, 0.3) is 0 Å². The molecule has 0 aromatic rings. The third-order valence-electron chi connectivity index (χ3n) is 1.50. The fourth-order valence-electron chi connectivity index (χ4n) is 0.920.